The van der Waals surface area contributed by atoms with Crippen LogP contribution in [0.15, 0.2) is 121 Å². The first-order valence-corrected chi connectivity index (χ1v) is 23.2. The summed E-state index contributed by atoms with van der Waals surface area (Å²) in [6.45, 7) is 2.74. The minimum Gasteiger partial charge on any atom is -0.382 e. The molecule has 1 heterocycles. The van der Waals surface area contributed by atoms with Crippen LogP contribution in [0, 0.1) is 0 Å². The predicted molar refractivity (Wildman–Crippen MR) is 262 cm³/mol. The van der Waals surface area contributed by atoms with Gasteiger partial charge in [-0.05, 0) is 169 Å². The standard InChI is InChI=1S/C60H35NO3/c1-62-22-23-63-24-25-64-26-39-59-37-20-21-38-36-19-17-34-32-15-13-30-29-12-14-31-33-16-18-35(37)46-44(33)49-42(31)40(29)48-41(30)43(32)50-45(34)47(36)57(55-53(50)51(48)52(49)54(55)56(46)59)60(38,59)58(27-8-4-2-5-9-27)61(39)28-10-6-3-7-11-28/h2-21,39,58H,22-26H2,1H3. The molecule has 298 valence electrons. The number of fused-ring (bicyclic) bond motifs is 3. The first kappa shape index (κ1) is 31.9. The number of para-hydroxylation sites is 1. The molecule has 4 nitrogen and oxygen atoms in total. The molecular weight excluding hydrogens is 783 g/mol. The lowest BCUT2D eigenvalue weighted by molar-refractivity contribution is 0.0190. The number of rotatable bonds is 10. The molecule has 0 aromatic heterocycles. The van der Waals surface area contributed by atoms with E-state index in [9.17, 15) is 0 Å². The van der Waals surface area contributed by atoms with E-state index >= 15 is 0 Å². The molecule has 0 bridgehead atoms. The highest BCUT2D eigenvalue weighted by Crippen LogP contribution is 2.80. The zero-order chi connectivity index (χ0) is 40.9. The van der Waals surface area contributed by atoms with Gasteiger partial charge < -0.3 is 19.1 Å². The molecule has 19 rings (SSSR count). The van der Waals surface area contributed by atoms with Gasteiger partial charge in [0.1, 0.15) is 0 Å². The topological polar surface area (TPSA) is 30.9 Å². The van der Waals surface area contributed by atoms with Crippen LogP contribution >= 0.6 is 0 Å². The van der Waals surface area contributed by atoms with Crippen LogP contribution in [0.2, 0.25) is 0 Å². The zero-order valence-corrected chi connectivity index (χ0v) is 34.9. The van der Waals surface area contributed by atoms with Crippen LogP contribution in [-0.4, -0.2) is 46.2 Å². The third-order valence-electron chi connectivity index (χ3n) is 18.2. The summed E-state index contributed by atoms with van der Waals surface area (Å²) >= 11 is 0. The second-order valence-electron chi connectivity index (χ2n) is 19.9. The van der Waals surface area contributed by atoms with Crippen LogP contribution in [0.5, 0.6) is 0 Å². The van der Waals surface area contributed by atoms with E-state index in [1.54, 1.807) is 29.0 Å². The summed E-state index contributed by atoms with van der Waals surface area (Å²) in [7, 11) is 1.73. The Labute approximate surface area is 364 Å². The fourth-order valence-corrected chi connectivity index (χ4v) is 16.9. The lowest BCUT2D eigenvalue weighted by Crippen LogP contribution is -2.56. The van der Waals surface area contributed by atoms with Crippen LogP contribution in [0.3, 0.4) is 0 Å². The molecule has 0 saturated carbocycles. The van der Waals surface area contributed by atoms with Gasteiger partial charge in [-0.3, -0.25) is 0 Å². The Morgan fingerprint density at radius 2 is 0.859 bits per heavy atom. The number of methoxy groups -OCH3 is 1. The van der Waals surface area contributed by atoms with Crippen molar-refractivity contribution in [2.24, 2.45) is 0 Å². The average Bonchev–Trinajstić information content (AvgIpc) is 4.19. The van der Waals surface area contributed by atoms with Crippen LogP contribution in [-0.2, 0) is 25.0 Å². The molecule has 1 aliphatic heterocycles. The normalized spacial score (nSPS) is 23.2. The first-order chi connectivity index (χ1) is 31.8. The van der Waals surface area contributed by atoms with Gasteiger partial charge in [-0.2, -0.15) is 0 Å². The maximum absolute atomic E-state index is 7.12. The highest BCUT2D eigenvalue weighted by molar-refractivity contribution is 6.64. The molecule has 0 amide bonds. The molecule has 2 spiro atoms. The molecule has 14 aromatic rings. The molecule has 4 aliphatic carbocycles. The SMILES string of the molecule is COCCOCCOCC1N(c2ccccc2)C(c2ccccc2)C23C4=c5ccc6c7ccc8c9ccc%10c%11ccc%12c%13c(c%14c%15c2c5c6c2c7c8c5c9c%10c(c%13%11)c%14c5c%152)C13C=%12C=C4. The summed E-state index contributed by atoms with van der Waals surface area (Å²) in [5, 5.41) is 35.5. The number of ether oxygens (including phenoxy) is 3. The van der Waals surface area contributed by atoms with Crippen molar-refractivity contribution in [2.45, 2.75) is 22.9 Å². The Hall–Kier alpha value is -6.82. The van der Waals surface area contributed by atoms with Gasteiger partial charge in [0.05, 0.1) is 55.9 Å². The molecule has 4 heteroatoms. The predicted octanol–water partition coefficient (Wildman–Crippen LogP) is 11.6. The highest BCUT2D eigenvalue weighted by Gasteiger charge is 2.77. The maximum Gasteiger partial charge on any atom is 0.0701 e. The third-order valence-corrected chi connectivity index (χ3v) is 18.2. The number of benzene rings is 10. The second-order valence-corrected chi connectivity index (χ2v) is 19.9. The van der Waals surface area contributed by atoms with Gasteiger partial charge in [0.15, 0.2) is 0 Å². The minimum atomic E-state index is -0.481. The lowest BCUT2D eigenvalue weighted by Gasteiger charge is -2.53. The molecule has 0 N–H and O–H groups in total. The second kappa shape index (κ2) is 9.79. The monoisotopic (exact) mass is 817 g/mol. The van der Waals surface area contributed by atoms with Crippen molar-refractivity contribution < 1.29 is 14.2 Å². The van der Waals surface area contributed by atoms with Crippen molar-refractivity contribution in [3.05, 3.63) is 148 Å². The van der Waals surface area contributed by atoms with E-state index in [-0.39, 0.29) is 12.1 Å². The van der Waals surface area contributed by atoms with Crippen molar-refractivity contribution in [2.75, 3.05) is 45.0 Å². The fourth-order valence-electron chi connectivity index (χ4n) is 16.9. The van der Waals surface area contributed by atoms with E-state index in [0.717, 1.165) is 0 Å². The average molecular weight is 818 g/mol. The quantitative estimate of drug-likeness (QED) is 0.102. The fraction of sp³-hybridized carbons (Fsp3) is 0.167. The molecule has 0 radical (unpaired) electrons. The van der Waals surface area contributed by atoms with Crippen molar-refractivity contribution in [1.29, 1.82) is 0 Å². The molecule has 1 saturated heterocycles. The van der Waals surface area contributed by atoms with Crippen molar-refractivity contribution in [1.82, 2.24) is 0 Å². The smallest absolute Gasteiger partial charge is 0.0701 e. The lowest BCUT2D eigenvalue weighted by atomic mass is 9.46. The van der Waals surface area contributed by atoms with E-state index in [1.807, 2.05) is 0 Å². The Bertz CT molecular complexity index is 4560. The summed E-state index contributed by atoms with van der Waals surface area (Å²) in [4.78, 5) is 2.86. The Morgan fingerprint density at radius 3 is 1.42 bits per heavy atom. The summed E-state index contributed by atoms with van der Waals surface area (Å²) in [5.41, 5.74) is 7.75. The summed E-state index contributed by atoms with van der Waals surface area (Å²) < 4.78 is 18.5. The highest BCUT2D eigenvalue weighted by atomic mass is 16.5. The van der Waals surface area contributed by atoms with Gasteiger partial charge in [0, 0.05) is 12.8 Å². The number of hydrogen-bond donors (Lipinski definition) is 0. The van der Waals surface area contributed by atoms with E-state index in [1.165, 1.54) is 141 Å². The number of nitrogens with zero attached hydrogens (tertiary/aromatic N) is 1. The number of hydrogen-bond acceptors (Lipinski definition) is 4. The Morgan fingerprint density at radius 1 is 0.422 bits per heavy atom. The summed E-state index contributed by atoms with van der Waals surface area (Å²) in [6.07, 6.45) is 5.18. The zero-order valence-electron chi connectivity index (χ0n) is 34.9. The van der Waals surface area contributed by atoms with Gasteiger partial charge in [-0.1, -0.05) is 109 Å². The molecule has 1 fully saturated rings. The molecule has 5 aliphatic rings. The Balaban J connectivity index is 1.11. The van der Waals surface area contributed by atoms with Gasteiger partial charge in [0.25, 0.3) is 0 Å². The van der Waals surface area contributed by atoms with Crippen LogP contribution in [0.25, 0.3) is 130 Å². The molecule has 4 atom stereocenters. The molecule has 14 aromatic carbocycles. The minimum absolute atomic E-state index is 0.0356. The number of allylic oxidation sites excluding steroid dienone is 2. The van der Waals surface area contributed by atoms with Gasteiger partial charge in [-0.25, -0.2) is 0 Å². The first-order valence-electron chi connectivity index (χ1n) is 23.2. The van der Waals surface area contributed by atoms with Crippen LogP contribution in [0.4, 0.5) is 5.69 Å². The van der Waals surface area contributed by atoms with Gasteiger partial charge >= 0.3 is 0 Å². The van der Waals surface area contributed by atoms with Crippen molar-refractivity contribution >= 4 is 135 Å². The largest absolute Gasteiger partial charge is 0.382 e. The summed E-state index contributed by atoms with van der Waals surface area (Å²) in [5.74, 6) is 0. The van der Waals surface area contributed by atoms with Crippen molar-refractivity contribution in [3.8, 4) is 0 Å². The van der Waals surface area contributed by atoms with E-state index < -0.39 is 10.8 Å². The van der Waals surface area contributed by atoms with Crippen LogP contribution in [0.1, 0.15) is 22.7 Å². The third kappa shape index (κ3) is 2.72. The van der Waals surface area contributed by atoms with E-state index in [0.29, 0.717) is 33.0 Å². The Kier molecular flexibility index (Phi) is 4.88. The molecule has 64 heavy (non-hydrogen) atoms. The van der Waals surface area contributed by atoms with E-state index in [4.69, 9.17) is 14.2 Å². The van der Waals surface area contributed by atoms with Crippen molar-refractivity contribution in [3.63, 3.8) is 0 Å². The van der Waals surface area contributed by atoms with Crippen LogP contribution < -0.4 is 15.3 Å². The van der Waals surface area contributed by atoms with Gasteiger partial charge in [0.2, 0.25) is 0 Å². The maximum atomic E-state index is 7.12. The number of anilines is 1. The molecular formula is C60H35NO3. The molecule has 4 unspecified atom stereocenters. The van der Waals surface area contributed by atoms with E-state index in [2.05, 4.69) is 126 Å². The summed E-state index contributed by atoms with van der Waals surface area (Å²) in [6, 6.07) is 42.9. The van der Waals surface area contributed by atoms with Gasteiger partial charge in [-0.15, -0.1) is 0 Å².